The Kier molecular flexibility index (Phi) is 3.92. The van der Waals surface area contributed by atoms with Crippen LogP contribution in [0.5, 0.6) is 5.75 Å². The molecule has 0 spiro atoms. The molecule has 7 nitrogen and oxygen atoms in total. The second kappa shape index (κ2) is 6.18. The summed E-state index contributed by atoms with van der Waals surface area (Å²) in [6.07, 6.45) is 1.40. The maximum absolute atomic E-state index is 11.7. The fourth-order valence-electron chi connectivity index (χ4n) is 2.27. The third kappa shape index (κ3) is 3.29. The summed E-state index contributed by atoms with van der Waals surface area (Å²) >= 11 is 0. The molecular formula is C16H14N4O3. The van der Waals surface area contributed by atoms with Gasteiger partial charge < -0.3 is 10.2 Å². The van der Waals surface area contributed by atoms with Crippen LogP contribution >= 0.6 is 0 Å². The van der Waals surface area contributed by atoms with E-state index in [1.54, 1.807) is 6.07 Å². The lowest BCUT2D eigenvalue weighted by Crippen LogP contribution is -2.20. The molecule has 0 aliphatic rings. The summed E-state index contributed by atoms with van der Waals surface area (Å²) in [5.74, 6) is -0.298. The minimum Gasteiger partial charge on any atom is -0.507 e. The summed E-state index contributed by atoms with van der Waals surface area (Å²) in [6.45, 7) is 0. The van der Waals surface area contributed by atoms with E-state index in [1.165, 1.54) is 12.3 Å². The van der Waals surface area contributed by atoms with E-state index in [0.717, 1.165) is 10.8 Å². The van der Waals surface area contributed by atoms with Gasteiger partial charge in [0.05, 0.1) is 12.6 Å². The number of hydrazone groups is 1. The smallest absolute Gasteiger partial charge is 0.264 e. The second-order valence-corrected chi connectivity index (χ2v) is 4.97. The summed E-state index contributed by atoms with van der Waals surface area (Å²) in [5.41, 5.74) is 3.06. The summed E-state index contributed by atoms with van der Waals surface area (Å²) in [7, 11) is 0. The van der Waals surface area contributed by atoms with Gasteiger partial charge in [0.1, 0.15) is 5.75 Å². The Morgan fingerprint density at radius 1 is 1.22 bits per heavy atom. The number of hydrogen-bond acceptors (Lipinski definition) is 4. The zero-order valence-corrected chi connectivity index (χ0v) is 12.0. The van der Waals surface area contributed by atoms with Crippen molar-refractivity contribution in [1.29, 1.82) is 0 Å². The lowest BCUT2D eigenvalue weighted by atomic mass is 10.0. The number of aromatic hydroxyl groups is 1. The predicted molar refractivity (Wildman–Crippen MR) is 86.5 cm³/mol. The van der Waals surface area contributed by atoms with Gasteiger partial charge in [-0.15, -0.1) is 0 Å². The van der Waals surface area contributed by atoms with Gasteiger partial charge in [-0.05, 0) is 16.8 Å². The van der Waals surface area contributed by atoms with Crippen LogP contribution < -0.4 is 11.0 Å². The van der Waals surface area contributed by atoms with Crippen LogP contribution in [0.15, 0.2) is 52.4 Å². The van der Waals surface area contributed by atoms with Gasteiger partial charge in [-0.1, -0.05) is 30.3 Å². The second-order valence-electron chi connectivity index (χ2n) is 4.97. The molecule has 1 heterocycles. The van der Waals surface area contributed by atoms with Crippen LogP contribution in [0.3, 0.4) is 0 Å². The average molecular weight is 310 g/mol. The number of H-pyrrole nitrogens is 2. The highest BCUT2D eigenvalue weighted by Crippen LogP contribution is 2.25. The van der Waals surface area contributed by atoms with Crippen molar-refractivity contribution in [1.82, 2.24) is 15.6 Å². The first-order valence-corrected chi connectivity index (χ1v) is 6.92. The molecule has 3 rings (SSSR count). The van der Waals surface area contributed by atoms with Crippen molar-refractivity contribution in [2.45, 2.75) is 6.42 Å². The fraction of sp³-hybridized carbons (Fsp3) is 0.0625. The number of aromatic amines is 2. The predicted octanol–water partition coefficient (Wildman–Crippen LogP) is 1.25. The van der Waals surface area contributed by atoms with Crippen LogP contribution in [0.2, 0.25) is 0 Å². The number of amides is 1. The van der Waals surface area contributed by atoms with E-state index in [2.05, 4.69) is 20.7 Å². The number of carbonyl (C=O) groups excluding carboxylic acids is 1. The largest absolute Gasteiger partial charge is 0.507 e. The number of nitrogens with one attached hydrogen (secondary N) is 3. The highest BCUT2D eigenvalue weighted by Gasteiger charge is 2.06. The Morgan fingerprint density at radius 3 is 2.83 bits per heavy atom. The van der Waals surface area contributed by atoms with E-state index in [1.807, 2.05) is 30.3 Å². The Morgan fingerprint density at radius 2 is 2.04 bits per heavy atom. The molecule has 116 valence electrons. The van der Waals surface area contributed by atoms with Gasteiger partial charge >= 0.3 is 0 Å². The normalized spacial score (nSPS) is 11.1. The van der Waals surface area contributed by atoms with Gasteiger partial charge in [0.15, 0.2) is 0 Å². The molecule has 2 aromatic carbocycles. The van der Waals surface area contributed by atoms with Gasteiger partial charge in [0.25, 0.3) is 5.56 Å². The van der Waals surface area contributed by atoms with Crippen LogP contribution in [0.4, 0.5) is 0 Å². The number of fused-ring (bicyclic) bond motifs is 1. The number of phenols is 1. The van der Waals surface area contributed by atoms with Crippen molar-refractivity contribution in [3.63, 3.8) is 0 Å². The van der Waals surface area contributed by atoms with E-state index in [0.29, 0.717) is 11.3 Å². The molecular weight excluding hydrogens is 296 g/mol. The van der Waals surface area contributed by atoms with Crippen LogP contribution in [0.25, 0.3) is 10.8 Å². The molecule has 0 atom stereocenters. The van der Waals surface area contributed by atoms with Crippen molar-refractivity contribution in [2.24, 2.45) is 5.10 Å². The van der Waals surface area contributed by atoms with Crippen molar-refractivity contribution in [3.8, 4) is 5.75 Å². The van der Waals surface area contributed by atoms with Crippen LogP contribution in [-0.2, 0) is 11.2 Å². The highest BCUT2D eigenvalue weighted by atomic mass is 16.3. The first-order chi connectivity index (χ1) is 11.1. The molecule has 0 aliphatic carbocycles. The summed E-state index contributed by atoms with van der Waals surface area (Å²) in [6, 6.07) is 12.2. The summed E-state index contributed by atoms with van der Waals surface area (Å²) in [5, 5.41) is 20.6. The number of benzene rings is 2. The number of nitrogens with zero attached hydrogens (tertiary/aromatic N) is 1. The first kappa shape index (κ1) is 14.6. The van der Waals surface area contributed by atoms with Gasteiger partial charge in [0, 0.05) is 17.3 Å². The van der Waals surface area contributed by atoms with E-state index < -0.39 is 0 Å². The van der Waals surface area contributed by atoms with E-state index in [9.17, 15) is 14.7 Å². The number of rotatable bonds is 4. The zero-order chi connectivity index (χ0) is 16.2. The van der Waals surface area contributed by atoms with Crippen molar-refractivity contribution in [3.05, 3.63) is 64.1 Å². The number of aromatic nitrogens is 2. The third-order valence-electron chi connectivity index (χ3n) is 3.33. The van der Waals surface area contributed by atoms with Gasteiger partial charge in [-0.3, -0.25) is 14.7 Å². The number of phenolic OH excluding ortho intramolecular Hbond substituents is 1. The molecule has 0 unspecified atom stereocenters. The monoisotopic (exact) mass is 310 g/mol. The Hall–Kier alpha value is -3.35. The van der Waals surface area contributed by atoms with Crippen LogP contribution in [-0.4, -0.2) is 27.4 Å². The molecule has 1 aromatic heterocycles. The Balaban J connectivity index is 1.74. The van der Waals surface area contributed by atoms with Gasteiger partial charge in [-0.25, -0.2) is 5.43 Å². The average Bonchev–Trinajstić information content (AvgIpc) is 2.94. The molecule has 23 heavy (non-hydrogen) atoms. The third-order valence-corrected chi connectivity index (χ3v) is 3.33. The van der Waals surface area contributed by atoms with E-state index in [-0.39, 0.29) is 23.6 Å². The molecule has 4 N–H and O–H groups in total. The molecule has 0 saturated heterocycles. The molecule has 1 amide bonds. The topological polar surface area (TPSA) is 110 Å². The molecule has 0 radical (unpaired) electrons. The summed E-state index contributed by atoms with van der Waals surface area (Å²) in [4.78, 5) is 22.7. The maximum atomic E-state index is 11.7. The Bertz CT molecular complexity index is 940. The van der Waals surface area contributed by atoms with Crippen LogP contribution in [0.1, 0.15) is 11.3 Å². The standard InChI is InChI=1S/C16H14N4O3/c21-14-6-5-10-3-1-2-4-12(10)13(14)9-17-19-15(22)7-11-8-16(23)20-18-11/h1-6,8-9,21H,7H2,(H,19,22)(H2,18,20,23)/b17-9+. The SMILES string of the molecule is O=C(Cc1cc(=O)[nH][nH]1)N/N=C/c1c(O)ccc2ccccc12. The maximum Gasteiger partial charge on any atom is 0.264 e. The molecule has 0 saturated carbocycles. The summed E-state index contributed by atoms with van der Waals surface area (Å²) < 4.78 is 0. The van der Waals surface area contributed by atoms with Gasteiger partial charge in [-0.2, -0.15) is 5.10 Å². The highest BCUT2D eigenvalue weighted by molar-refractivity contribution is 6.02. The fourth-order valence-corrected chi connectivity index (χ4v) is 2.27. The van der Waals surface area contributed by atoms with E-state index in [4.69, 9.17) is 0 Å². The quantitative estimate of drug-likeness (QED) is 0.430. The van der Waals surface area contributed by atoms with Crippen molar-refractivity contribution >= 4 is 22.9 Å². The first-order valence-electron chi connectivity index (χ1n) is 6.92. The molecule has 0 bridgehead atoms. The minimum atomic E-state index is -0.378. The van der Waals surface area contributed by atoms with E-state index >= 15 is 0 Å². The molecule has 0 aliphatic heterocycles. The van der Waals surface area contributed by atoms with Gasteiger partial charge in [0.2, 0.25) is 5.91 Å². The number of carbonyl (C=O) groups is 1. The lowest BCUT2D eigenvalue weighted by Gasteiger charge is -2.04. The van der Waals surface area contributed by atoms with Crippen LogP contribution in [0, 0.1) is 0 Å². The lowest BCUT2D eigenvalue weighted by molar-refractivity contribution is -0.120. The van der Waals surface area contributed by atoms with Crippen molar-refractivity contribution < 1.29 is 9.90 Å². The van der Waals surface area contributed by atoms with Crippen molar-refractivity contribution in [2.75, 3.05) is 0 Å². The number of hydrogen-bond donors (Lipinski definition) is 4. The molecule has 3 aromatic rings. The molecule has 0 fully saturated rings. The minimum absolute atomic E-state index is 0.00238. The zero-order valence-electron chi connectivity index (χ0n) is 12.0. The molecule has 7 heteroatoms. The Labute approximate surface area is 130 Å².